The second kappa shape index (κ2) is 58.4. The van der Waals surface area contributed by atoms with Crippen LogP contribution in [0.1, 0.15) is 258 Å². The molecule has 0 aromatic rings. The van der Waals surface area contributed by atoms with Crippen molar-refractivity contribution in [3.8, 4) is 0 Å². The van der Waals surface area contributed by atoms with Crippen LogP contribution in [0.2, 0.25) is 0 Å². The molecule has 11 nitrogen and oxygen atoms in total. The Labute approximate surface area is 506 Å². The van der Waals surface area contributed by atoms with Crippen molar-refractivity contribution in [2.45, 2.75) is 307 Å². The highest BCUT2D eigenvalue weighted by atomic mass is 16.7. The Morgan fingerprint density at radius 3 is 1.33 bits per heavy atom. The molecule has 1 rings (SSSR count). The van der Waals surface area contributed by atoms with Gasteiger partial charge in [0, 0.05) is 6.42 Å². The molecule has 0 radical (unpaired) electrons. The van der Waals surface area contributed by atoms with Crippen molar-refractivity contribution in [2.75, 3.05) is 13.2 Å². The predicted molar refractivity (Wildman–Crippen MR) is 347 cm³/mol. The van der Waals surface area contributed by atoms with E-state index in [1.54, 1.807) is 6.08 Å². The largest absolute Gasteiger partial charge is 0.454 e. The van der Waals surface area contributed by atoms with E-state index in [-0.39, 0.29) is 19.4 Å². The van der Waals surface area contributed by atoms with Gasteiger partial charge in [-0.3, -0.25) is 9.59 Å². The lowest BCUT2D eigenvalue weighted by molar-refractivity contribution is -0.305. The van der Waals surface area contributed by atoms with Crippen molar-refractivity contribution >= 4 is 11.9 Å². The predicted octanol–water partition coefficient (Wildman–Crippen LogP) is 16.6. The first-order chi connectivity index (χ1) is 40.7. The number of unbranched alkanes of at least 4 members (excludes halogenated alkanes) is 23. The number of nitrogens with one attached hydrogen (secondary N) is 1. The molecule has 1 aliphatic rings. The van der Waals surface area contributed by atoms with E-state index < -0.39 is 67.4 Å². The first-order valence-electron chi connectivity index (χ1n) is 33.3. The molecule has 11 heteroatoms. The normalized spacial score (nSPS) is 19.3. The van der Waals surface area contributed by atoms with Gasteiger partial charge in [-0.15, -0.1) is 0 Å². The van der Waals surface area contributed by atoms with Crippen molar-refractivity contribution in [2.24, 2.45) is 0 Å². The summed E-state index contributed by atoms with van der Waals surface area (Å²) in [4.78, 5) is 26.6. The van der Waals surface area contributed by atoms with Crippen molar-refractivity contribution in [1.82, 2.24) is 5.32 Å². The molecule has 83 heavy (non-hydrogen) atoms. The number of allylic oxidation sites excluding steroid dienone is 19. The lowest BCUT2D eigenvalue weighted by Crippen LogP contribution is -2.61. The molecular weight excluding hydrogens is 1040 g/mol. The number of aliphatic hydroxyl groups excluding tert-OH is 5. The molecule has 1 heterocycles. The fraction of sp³-hybridized carbons (Fsp3) is 0.694. The van der Waals surface area contributed by atoms with Crippen LogP contribution in [0.15, 0.2) is 122 Å². The van der Waals surface area contributed by atoms with E-state index in [1.165, 1.54) is 89.9 Å². The first kappa shape index (κ1) is 77.1. The van der Waals surface area contributed by atoms with Gasteiger partial charge in [0.15, 0.2) is 12.4 Å². The van der Waals surface area contributed by atoms with Crippen molar-refractivity contribution in [3.05, 3.63) is 122 Å². The van der Waals surface area contributed by atoms with Crippen LogP contribution in [0.4, 0.5) is 0 Å². The molecule has 1 saturated heterocycles. The Kier molecular flexibility index (Phi) is 54.3. The monoisotopic (exact) mass is 1160 g/mol. The summed E-state index contributed by atoms with van der Waals surface area (Å²) in [6.45, 7) is 5.61. The first-order valence-corrected chi connectivity index (χ1v) is 33.3. The van der Waals surface area contributed by atoms with Crippen molar-refractivity contribution < 1.29 is 49.3 Å². The van der Waals surface area contributed by atoms with Crippen molar-refractivity contribution in [1.29, 1.82) is 0 Å². The Balaban J connectivity index is 2.63. The van der Waals surface area contributed by atoms with Gasteiger partial charge in [-0.1, -0.05) is 258 Å². The van der Waals surface area contributed by atoms with Crippen LogP contribution in [0.3, 0.4) is 0 Å². The molecule has 6 N–H and O–H groups in total. The number of amides is 1. The molecular formula is C72H121NO10. The third-order valence-electron chi connectivity index (χ3n) is 14.8. The maximum Gasteiger partial charge on any atom is 0.306 e. The zero-order chi connectivity index (χ0) is 60.3. The van der Waals surface area contributed by atoms with E-state index in [0.717, 1.165) is 122 Å². The van der Waals surface area contributed by atoms with E-state index in [1.807, 2.05) is 6.08 Å². The van der Waals surface area contributed by atoms with Crippen LogP contribution in [-0.4, -0.2) is 99.6 Å². The summed E-state index contributed by atoms with van der Waals surface area (Å²) < 4.78 is 17.6. The molecule has 0 spiro atoms. The highest BCUT2D eigenvalue weighted by molar-refractivity contribution is 5.80. The lowest BCUT2D eigenvalue weighted by atomic mass is 9.99. The molecule has 0 aromatic heterocycles. The average molecular weight is 1160 g/mol. The molecule has 0 aromatic carbocycles. The van der Waals surface area contributed by atoms with E-state index in [0.29, 0.717) is 12.8 Å². The number of carbonyl (C=O) groups is 2. The summed E-state index contributed by atoms with van der Waals surface area (Å²) in [5.74, 6) is -1.24. The Morgan fingerprint density at radius 2 is 0.867 bits per heavy atom. The highest BCUT2D eigenvalue weighted by Crippen LogP contribution is 2.26. The molecule has 1 amide bonds. The van der Waals surface area contributed by atoms with E-state index in [9.17, 15) is 35.1 Å². The van der Waals surface area contributed by atoms with Crippen LogP contribution >= 0.6 is 0 Å². The van der Waals surface area contributed by atoms with Crippen LogP contribution < -0.4 is 5.32 Å². The molecule has 1 fully saturated rings. The van der Waals surface area contributed by atoms with Gasteiger partial charge >= 0.3 is 5.97 Å². The number of carbonyl (C=O) groups excluding carboxylic acids is 2. The molecule has 0 aliphatic carbocycles. The molecule has 1 aliphatic heterocycles. The lowest BCUT2D eigenvalue weighted by Gasteiger charge is -2.41. The molecule has 0 bridgehead atoms. The third-order valence-corrected chi connectivity index (χ3v) is 14.8. The summed E-state index contributed by atoms with van der Waals surface area (Å²) in [7, 11) is 0. The summed E-state index contributed by atoms with van der Waals surface area (Å²) >= 11 is 0. The van der Waals surface area contributed by atoms with E-state index in [4.69, 9.17) is 14.2 Å². The van der Waals surface area contributed by atoms with Crippen LogP contribution in [0.25, 0.3) is 0 Å². The van der Waals surface area contributed by atoms with Gasteiger partial charge in [0.25, 0.3) is 0 Å². The number of aliphatic hydroxyl groups is 5. The number of hydrogen-bond acceptors (Lipinski definition) is 10. The standard InChI is InChI=1S/C72H121NO10/c1-4-7-10-13-16-19-22-24-26-28-30-31-32-33-34-35-36-38-40-42-45-48-51-54-57-60-67(77)83-70-69(79)68(78)66(61-74)82-72(70)81-62-63(64(75)58-55-52-49-46-43-21-18-15-12-9-6-3)73-71(80)65(76)59-56-53-50-47-44-41-39-37-29-27-25-23-20-17-14-11-8-5-2/h8,11,16-17,19-20,24-27,30-31,33-34,37,39,44,47,55,58,63-66,68-70,72,74-76,78-79H,4-7,9-10,12-15,18,21-23,28-29,32,35-36,38,40-43,45-46,48-54,56-57,59-62H2,1-3H3,(H,73,80)/b11-8-,19-16-,20-17-,26-24-,27-25-,31-30-,34-33-,39-37-,47-44-,58-55+. The molecule has 8 unspecified atom stereocenters. The third kappa shape index (κ3) is 46.0. The maximum atomic E-state index is 13.4. The van der Waals surface area contributed by atoms with Gasteiger partial charge in [-0.05, 0) is 116 Å². The van der Waals surface area contributed by atoms with Crippen LogP contribution in [-0.2, 0) is 23.8 Å². The van der Waals surface area contributed by atoms with E-state index in [2.05, 4.69) is 135 Å². The van der Waals surface area contributed by atoms with Gasteiger partial charge in [-0.25, -0.2) is 0 Å². The smallest absolute Gasteiger partial charge is 0.306 e. The van der Waals surface area contributed by atoms with Gasteiger partial charge in [0.2, 0.25) is 5.91 Å². The Morgan fingerprint density at radius 1 is 0.482 bits per heavy atom. The second-order valence-electron chi connectivity index (χ2n) is 22.5. The zero-order valence-corrected chi connectivity index (χ0v) is 52.5. The zero-order valence-electron chi connectivity index (χ0n) is 52.5. The second-order valence-corrected chi connectivity index (χ2v) is 22.5. The molecule has 0 saturated carbocycles. The Bertz CT molecular complexity index is 1810. The highest BCUT2D eigenvalue weighted by Gasteiger charge is 2.47. The summed E-state index contributed by atoms with van der Waals surface area (Å²) in [5, 5.41) is 57.0. The fourth-order valence-corrected chi connectivity index (χ4v) is 9.60. The number of ether oxygens (including phenoxy) is 3. The Hall–Kier alpha value is -3.94. The number of hydrogen-bond donors (Lipinski definition) is 6. The topological polar surface area (TPSA) is 175 Å². The SMILES string of the molecule is CC/C=C\C/C=C\C/C=C\C/C=C\C/C=C\CCCCC(O)C(=O)NC(COC1OC(CO)C(O)C(O)C1OC(=O)CCCCCCCCCCC/C=C\C/C=C\C/C=C\C/C=C\CCCCC)C(O)/C=C/CCCCCCCCCCC. The summed E-state index contributed by atoms with van der Waals surface area (Å²) in [5.41, 5.74) is 0. The van der Waals surface area contributed by atoms with Crippen LogP contribution in [0, 0.1) is 0 Å². The van der Waals surface area contributed by atoms with Crippen molar-refractivity contribution in [3.63, 3.8) is 0 Å². The minimum atomic E-state index is -1.63. The molecule has 474 valence electrons. The number of esters is 1. The minimum Gasteiger partial charge on any atom is -0.454 e. The molecule has 8 atom stereocenters. The summed E-state index contributed by atoms with van der Waals surface area (Å²) in [6.07, 6.45) is 70.9. The van der Waals surface area contributed by atoms with Gasteiger partial charge in [-0.2, -0.15) is 0 Å². The average Bonchev–Trinajstić information content (AvgIpc) is 3.64. The van der Waals surface area contributed by atoms with Gasteiger partial charge in [0.1, 0.15) is 24.4 Å². The van der Waals surface area contributed by atoms with Gasteiger partial charge in [0.05, 0.1) is 25.4 Å². The quantitative estimate of drug-likeness (QED) is 0.0195. The van der Waals surface area contributed by atoms with Gasteiger partial charge < -0.3 is 45.1 Å². The fourth-order valence-electron chi connectivity index (χ4n) is 9.60. The maximum absolute atomic E-state index is 13.4. The van der Waals surface area contributed by atoms with E-state index >= 15 is 0 Å². The number of rotatable bonds is 55. The summed E-state index contributed by atoms with van der Waals surface area (Å²) in [6, 6.07) is -1.05. The minimum absolute atomic E-state index is 0.105. The van der Waals surface area contributed by atoms with Crippen LogP contribution in [0.5, 0.6) is 0 Å².